The van der Waals surface area contributed by atoms with Gasteiger partial charge in [-0.15, -0.1) is 0 Å². The molecule has 0 radical (unpaired) electrons. The molecule has 1 fully saturated rings. The van der Waals surface area contributed by atoms with Crippen LogP contribution < -0.4 is 4.90 Å². The molecule has 0 N–H and O–H groups in total. The third-order valence-corrected chi connectivity index (χ3v) is 7.27. The number of nitriles is 1. The number of imidazole rings is 1. The molecule has 1 aliphatic rings. The molecule has 1 saturated heterocycles. The van der Waals surface area contributed by atoms with Gasteiger partial charge in [-0.2, -0.15) is 5.26 Å². The fourth-order valence-electron chi connectivity index (χ4n) is 5.58. The van der Waals surface area contributed by atoms with Gasteiger partial charge in [0.15, 0.2) is 5.65 Å². The second-order valence-electron chi connectivity index (χ2n) is 9.33. The van der Waals surface area contributed by atoms with Crippen LogP contribution in [0.1, 0.15) is 53.1 Å². The highest BCUT2D eigenvalue weighted by atomic mass is 15.3. The van der Waals surface area contributed by atoms with Gasteiger partial charge in [0.2, 0.25) is 0 Å². The van der Waals surface area contributed by atoms with E-state index >= 15 is 0 Å². The maximum Gasteiger partial charge on any atom is 0.157 e. The summed E-state index contributed by atoms with van der Waals surface area (Å²) in [6.45, 7) is 3.04. The Bertz CT molecular complexity index is 1550. The predicted molar refractivity (Wildman–Crippen MR) is 140 cm³/mol. The minimum absolute atomic E-state index is 0.226. The van der Waals surface area contributed by atoms with Gasteiger partial charge in [0.05, 0.1) is 22.6 Å². The molecule has 1 atom stereocenters. The number of para-hydroxylation sites is 2. The van der Waals surface area contributed by atoms with Gasteiger partial charge >= 0.3 is 0 Å². The number of piperidine rings is 1. The number of nitrogens with zero attached hydrogens (tertiary/aromatic N) is 5. The first-order chi connectivity index (χ1) is 17.3. The van der Waals surface area contributed by atoms with E-state index in [-0.39, 0.29) is 6.04 Å². The van der Waals surface area contributed by atoms with Gasteiger partial charge in [-0.1, -0.05) is 48.5 Å². The SMILES string of the molecule is Cc1c(Cc2ccccc2)c(N2CCCCC2c2cccnc2)n2c(nc3ccccc32)c1C#N. The van der Waals surface area contributed by atoms with Crippen molar-refractivity contribution in [2.75, 3.05) is 11.4 Å². The highest BCUT2D eigenvalue weighted by Crippen LogP contribution is 2.41. The van der Waals surface area contributed by atoms with E-state index in [2.05, 4.69) is 69.7 Å². The van der Waals surface area contributed by atoms with Crippen LogP contribution in [0.5, 0.6) is 0 Å². The smallest absolute Gasteiger partial charge is 0.157 e. The molecular weight excluding hydrogens is 430 g/mol. The van der Waals surface area contributed by atoms with Gasteiger partial charge in [0.1, 0.15) is 11.9 Å². The second kappa shape index (κ2) is 8.88. The normalized spacial score (nSPS) is 16.0. The molecule has 35 heavy (non-hydrogen) atoms. The van der Waals surface area contributed by atoms with Crippen molar-refractivity contribution >= 4 is 22.5 Å². The quantitative estimate of drug-likeness (QED) is 0.314. The van der Waals surface area contributed by atoms with Gasteiger partial charge in [-0.3, -0.25) is 9.38 Å². The van der Waals surface area contributed by atoms with E-state index in [1.165, 1.54) is 23.1 Å². The molecule has 0 spiro atoms. The Kier molecular flexibility index (Phi) is 5.42. The van der Waals surface area contributed by atoms with Gasteiger partial charge < -0.3 is 4.90 Å². The van der Waals surface area contributed by atoms with E-state index in [4.69, 9.17) is 4.98 Å². The number of anilines is 1. The van der Waals surface area contributed by atoms with Crippen molar-refractivity contribution in [2.45, 2.75) is 38.6 Å². The van der Waals surface area contributed by atoms with Crippen molar-refractivity contribution in [3.05, 3.63) is 107 Å². The van der Waals surface area contributed by atoms with Crippen molar-refractivity contribution in [1.29, 1.82) is 5.26 Å². The molecule has 1 aliphatic heterocycles. The number of hydrogen-bond acceptors (Lipinski definition) is 4. The molecule has 0 amide bonds. The minimum atomic E-state index is 0.226. The third kappa shape index (κ3) is 3.63. The zero-order valence-electron chi connectivity index (χ0n) is 19.9. The van der Waals surface area contributed by atoms with Crippen LogP contribution in [0.15, 0.2) is 79.1 Å². The number of hydrogen-bond donors (Lipinski definition) is 0. The van der Waals surface area contributed by atoms with Crippen molar-refractivity contribution in [2.24, 2.45) is 0 Å². The number of benzene rings is 2. The summed E-state index contributed by atoms with van der Waals surface area (Å²) in [7, 11) is 0. The topological polar surface area (TPSA) is 57.2 Å². The number of pyridine rings is 2. The van der Waals surface area contributed by atoms with Gasteiger partial charge in [-0.05, 0) is 61.1 Å². The lowest BCUT2D eigenvalue weighted by Crippen LogP contribution is -2.36. The molecule has 3 aromatic heterocycles. The van der Waals surface area contributed by atoms with Crippen LogP contribution in [-0.2, 0) is 6.42 Å². The Morgan fingerprint density at radius 2 is 1.83 bits per heavy atom. The van der Waals surface area contributed by atoms with Crippen LogP contribution in [0.4, 0.5) is 5.82 Å². The fraction of sp³-hybridized carbons (Fsp3) is 0.233. The van der Waals surface area contributed by atoms with E-state index in [9.17, 15) is 5.26 Å². The first-order valence-electron chi connectivity index (χ1n) is 12.3. The highest BCUT2D eigenvalue weighted by Gasteiger charge is 2.31. The van der Waals surface area contributed by atoms with Gasteiger partial charge in [0.25, 0.3) is 0 Å². The standard InChI is InChI=1S/C30H27N5/c1-21-24(18-22-10-3-2-4-11-22)30(34-17-8-7-14-27(34)23-12-9-16-32-20-23)35-28-15-6-5-13-26(28)33-29(35)25(21)19-31/h2-6,9-13,15-16,20,27H,7-8,14,17-18H2,1H3. The lowest BCUT2D eigenvalue weighted by Gasteiger charge is -2.39. The third-order valence-electron chi connectivity index (χ3n) is 7.27. The largest absolute Gasteiger partial charge is 0.350 e. The summed E-state index contributed by atoms with van der Waals surface area (Å²) in [4.78, 5) is 11.9. The van der Waals surface area contributed by atoms with E-state index < -0.39 is 0 Å². The second-order valence-corrected chi connectivity index (χ2v) is 9.33. The summed E-state index contributed by atoms with van der Waals surface area (Å²) in [5.74, 6) is 1.16. The average Bonchev–Trinajstić information content (AvgIpc) is 3.29. The van der Waals surface area contributed by atoms with Crippen LogP contribution in [-0.4, -0.2) is 20.9 Å². The molecule has 5 nitrogen and oxygen atoms in total. The summed E-state index contributed by atoms with van der Waals surface area (Å²) < 4.78 is 2.24. The Morgan fingerprint density at radius 3 is 2.63 bits per heavy atom. The van der Waals surface area contributed by atoms with Crippen molar-refractivity contribution in [3.8, 4) is 6.07 Å². The summed E-state index contributed by atoms with van der Waals surface area (Å²) >= 11 is 0. The van der Waals surface area contributed by atoms with Crippen molar-refractivity contribution in [3.63, 3.8) is 0 Å². The van der Waals surface area contributed by atoms with Crippen molar-refractivity contribution < 1.29 is 0 Å². The van der Waals surface area contributed by atoms with Crippen LogP contribution in [0, 0.1) is 18.3 Å². The van der Waals surface area contributed by atoms with E-state index in [1.807, 2.05) is 36.7 Å². The molecule has 2 aromatic carbocycles. The van der Waals surface area contributed by atoms with Crippen LogP contribution in [0.3, 0.4) is 0 Å². The Hall–Kier alpha value is -4.17. The zero-order valence-corrected chi connectivity index (χ0v) is 19.9. The zero-order chi connectivity index (χ0) is 23.8. The van der Waals surface area contributed by atoms with E-state index in [1.54, 1.807) is 0 Å². The van der Waals surface area contributed by atoms with Crippen LogP contribution in [0.2, 0.25) is 0 Å². The molecule has 4 heterocycles. The summed E-state index contributed by atoms with van der Waals surface area (Å²) in [5.41, 5.74) is 8.04. The monoisotopic (exact) mass is 457 g/mol. The molecule has 1 unspecified atom stereocenters. The first kappa shape index (κ1) is 21.4. The molecule has 172 valence electrons. The summed E-state index contributed by atoms with van der Waals surface area (Å²) in [5, 5.41) is 10.2. The number of fused-ring (bicyclic) bond motifs is 3. The molecule has 5 aromatic rings. The number of rotatable bonds is 4. The lowest BCUT2D eigenvalue weighted by molar-refractivity contribution is 0.466. The molecular formula is C30H27N5. The first-order valence-corrected chi connectivity index (χ1v) is 12.3. The maximum atomic E-state index is 10.2. The summed E-state index contributed by atoms with van der Waals surface area (Å²) in [6.07, 6.45) is 7.99. The Morgan fingerprint density at radius 1 is 1.00 bits per heavy atom. The molecule has 5 heteroatoms. The van der Waals surface area contributed by atoms with Crippen molar-refractivity contribution in [1.82, 2.24) is 14.4 Å². The molecule has 0 saturated carbocycles. The lowest BCUT2D eigenvalue weighted by atomic mass is 9.93. The summed E-state index contributed by atoms with van der Waals surface area (Å²) in [6, 6.07) is 25.7. The average molecular weight is 458 g/mol. The minimum Gasteiger partial charge on any atom is -0.350 e. The number of aromatic nitrogens is 3. The predicted octanol–water partition coefficient (Wildman–Crippen LogP) is 6.39. The molecule has 0 aliphatic carbocycles. The Balaban J connectivity index is 1.69. The van der Waals surface area contributed by atoms with Crippen LogP contribution >= 0.6 is 0 Å². The molecule has 6 rings (SSSR count). The van der Waals surface area contributed by atoms with Gasteiger partial charge in [-0.25, -0.2) is 4.98 Å². The van der Waals surface area contributed by atoms with E-state index in [0.717, 1.165) is 53.9 Å². The van der Waals surface area contributed by atoms with Crippen LogP contribution in [0.25, 0.3) is 16.7 Å². The highest BCUT2D eigenvalue weighted by molar-refractivity contribution is 5.86. The van der Waals surface area contributed by atoms with Gasteiger partial charge in [0, 0.05) is 30.9 Å². The molecule has 0 bridgehead atoms. The Labute approximate surface area is 205 Å². The van der Waals surface area contributed by atoms with E-state index in [0.29, 0.717) is 5.56 Å². The maximum absolute atomic E-state index is 10.2. The fourth-order valence-corrected chi connectivity index (χ4v) is 5.58.